The second kappa shape index (κ2) is 5.90. The fraction of sp³-hybridized carbons (Fsp3) is 0.538. The van der Waals surface area contributed by atoms with Crippen LogP contribution in [0.5, 0.6) is 5.75 Å². The van der Waals surface area contributed by atoms with Gasteiger partial charge in [0, 0.05) is 12.6 Å². The lowest BCUT2D eigenvalue weighted by atomic mass is 10.2. The Labute approximate surface area is 114 Å². The van der Waals surface area contributed by atoms with Crippen LogP contribution >= 0.6 is 0 Å². The Hall–Kier alpha value is -1.11. The van der Waals surface area contributed by atoms with Gasteiger partial charge in [0.05, 0.1) is 0 Å². The molecule has 2 atom stereocenters. The Bertz CT molecular complexity index is 530. The fourth-order valence-corrected chi connectivity index (χ4v) is 3.48. The van der Waals surface area contributed by atoms with Crippen LogP contribution in [0.25, 0.3) is 0 Å². The zero-order valence-electron chi connectivity index (χ0n) is 11.0. The molecule has 1 saturated carbocycles. The first-order valence-corrected chi connectivity index (χ1v) is 8.04. The van der Waals surface area contributed by atoms with Gasteiger partial charge in [-0.2, -0.15) is 0 Å². The summed E-state index contributed by atoms with van der Waals surface area (Å²) >= 11 is 0. The highest BCUT2D eigenvalue weighted by molar-refractivity contribution is 7.89. The average molecular weight is 284 g/mol. The minimum atomic E-state index is -3.52. The number of rotatable bonds is 5. The second-order valence-corrected chi connectivity index (χ2v) is 6.43. The third-order valence-electron chi connectivity index (χ3n) is 3.26. The van der Waals surface area contributed by atoms with E-state index >= 15 is 0 Å². The molecule has 1 aliphatic carbocycles. The Morgan fingerprint density at radius 1 is 1.37 bits per heavy atom. The Morgan fingerprint density at radius 2 is 2.11 bits per heavy atom. The van der Waals surface area contributed by atoms with Crippen LogP contribution in [-0.2, 0) is 10.0 Å². The number of para-hydroxylation sites is 1. The van der Waals surface area contributed by atoms with Crippen LogP contribution in [0, 0.1) is 0 Å². The zero-order chi connectivity index (χ0) is 13.9. The highest BCUT2D eigenvalue weighted by Crippen LogP contribution is 2.28. The van der Waals surface area contributed by atoms with E-state index in [-0.39, 0.29) is 17.0 Å². The van der Waals surface area contributed by atoms with Gasteiger partial charge in [0.25, 0.3) is 0 Å². The average Bonchev–Trinajstić information content (AvgIpc) is 2.75. The molecule has 0 radical (unpaired) electrons. The summed E-state index contributed by atoms with van der Waals surface area (Å²) < 4.78 is 32.5. The molecule has 106 valence electrons. The molecule has 1 fully saturated rings. The first kappa shape index (κ1) is 14.3. The Kier molecular flexibility index (Phi) is 4.44. The summed E-state index contributed by atoms with van der Waals surface area (Å²) in [5, 5.41) is 0. The van der Waals surface area contributed by atoms with Crippen molar-refractivity contribution in [1.82, 2.24) is 4.72 Å². The highest BCUT2D eigenvalue weighted by atomic mass is 32.2. The third-order valence-corrected chi connectivity index (χ3v) is 4.84. The van der Waals surface area contributed by atoms with E-state index in [0.717, 1.165) is 19.3 Å². The molecule has 2 rings (SSSR count). The molecule has 0 bridgehead atoms. The molecule has 6 heteroatoms. The molecule has 0 aromatic heterocycles. The molecule has 0 aliphatic heterocycles. The third kappa shape index (κ3) is 3.26. The van der Waals surface area contributed by atoms with Crippen molar-refractivity contribution in [3.8, 4) is 5.75 Å². The van der Waals surface area contributed by atoms with E-state index in [4.69, 9.17) is 10.5 Å². The van der Waals surface area contributed by atoms with E-state index < -0.39 is 10.0 Å². The van der Waals surface area contributed by atoms with Crippen LogP contribution in [0.15, 0.2) is 29.2 Å². The maximum atomic E-state index is 12.1. The van der Waals surface area contributed by atoms with Gasteiger partial charge in [-0.1, -0.05) is 19.1 Å². The zero-order valence-corrected chi connectivity index (χ0v) is 11.8. The lowest BCUT2D eigenvalue weighted by molar-refractivity contribution is 0.186. The van der Waals surface area contributed by atoms with Crippen LogP contribution in [0.2, 0.25) is 0 Å². The van der Waals surface area contributed by atoms with Crippen molar-refractivity contribution in [3.63, 3.8) is 0 Å². The van der Waals surface area contributed by atoms with E-state index in [1.807, 2.05) is 0 Å². The van der Waals surface area contributed by atoms with Crippen molar-refractivity contribution in [1.29, 1.82) is 0 Å². The molecule has 19 heavy (non-hydrogen) atoms. The summed E-state index contributed by atoms with van der Waals surface area (Å²) in [6, 6.07) is 6.66. The van der Waals surface area contributed by atoms with Crippen LogP contribution in [-0.4, -0.2) is 27.1 Å². The van der Waals surface area contributed by atoms with Gasteiger partial charge in [-0.15, -0.1) is 0 Å². The quantitative estimate of drug-likeness (QED) is 0.852. The first-order chi connectivity index (χ1) is 9.04. The number of sulfonamides is 1. The topological polar surface area (TPSA) is 81.4 Å². The monoisotopic (exact) mass is 284 g/mol. The number of hydrogen-bond acceptors (Lipinski definition) is 4. The van der Waals surface area contributed by atoms with E-state index in [0.29, 0.717) is 12.3 Å². The summed E-state index contributed by atoms with van der Waals surface area (Å²) in [6.07, 6.45) is 2.72. The van der Waals surface area contributed by atoms with Crippen LogP contribution in [0.1, 0.15) is 26.2 Å². The smallest absolute Gasteiger partial charge is 0.244 e. The van der Waals surface area contributed by atoms with Crippen molar-refractivity contribution in [2.45, 2.75) is 43.2 Å². The fourth-order valence-electron chi connectivity index (χ4n) is 2.30. The molecular weight excluding hydrogens is 264 g/mol. The number of nitrogens with one attached hydrogen (secondary N) is 1. The number of nitrogens with two attached hydrogens (primary N) is 1. The van der Waals surface area contributed by atoms with Gasteiger partial charge < -0.3 is 10.5 Å². The second-order valence-electron chi connectivity index (χ2n) is 4.70. The summed E-state index contributed by atoms with van der Waals surface area (Å²) in [5.41, 5.74) is 5.95. The van der Waals surface area contributed by atoms with E-state index in [2.05, 4.69) is 4.72 Å². The predicted octanol–water partition coefficient (Wildman–Crippen LogP) is 1.24. The molecule has 0 amide bonds. The van der Waals surface area contributed by atoms with E-state index in [1.165, 1.54) is 0 Å². The van der Waals surface area contributed by atoms with E-state index in [1.54, 1.807) is 31.2 Å². The lowest BCUT2D eigenvalue weighted by Crippen LogP contribution is -2.34. The molecule has 3 N–H and O–H groups in total. The minimum absolute atomic E-state index is 0.0186. The molecule has 0 saturated heterocycles. The summed E-state index contributed by atoms with van der Waals surface area (Å²) in [5.74, 6) is 0.380. The molecule has 1 aliphatic rings. The van der Waals surface area contributed by atoms with Gasteiger partial charge in [-0.05, 0) is 31.4 Å². The summed E-state index contributed by atoms with van der Waals surface area (Å²) in [6.45, 7) is 2.09. The Balaban J connectivity index is 2.26. The van der Waals surface area contributed by atoms with Crippen molar-refractivity contribution in [2.75, 3.05) is 6.54 Å². The van der Waals surface area contributed by atoms with Crippen LogP contribution < -0.4 is 15.2 Å². The predicted molar refractivity (Wildman–Crippen MR) is 73.5 cm³/mol. The van der Waals surface area contributed by atoms with Crippen molar-refractivity contribution < 1.29 is 13.2 Å². The maximum Gasteiger partial charge on any atom is 0.244 e. The largest absolute Gasteiger partial charge is 0.487 e. The highest BCUT2D eigenvalue weighted by Gasteiger charge is 2.28. The maximum absolute atomic E-state index is 12.1. The molecule has 5 nitrogen and oxygen atoms in total. The van der Waals surface area contributed by atoms with Crippen molar-refractivity contribution in [3.05, 3.63) is 24.3 Å². The number of benzene rings is 1. The molecule has 2 unspecified atom stereocenters. The molecule has 1 aromatic rings. The first-order valence-electron chi connectivity index (χ1n) is 6.55. The molecule has 0 spiro atoms. The van der Waals surface area contributed by atoms with Crippen LogP contribution in [0.3, 0.4) is 0 Å². The minimum Gasteiger partial charge on any atom is -0.487 e. The Morgan fingerprint density at radius 3 is 2.74 bits per heavy atom. The van der Waals surface area contributed by atoms with Gasteiger partial charge in [-0.3, -0.25) is 0 Å². The van der Waals surface area contributed by atoms with Gasteiger partial charge in [0.15, 0.2) is 0 Å². The standard InChI is InChI=1S/C13H20N2O3S/c1-2-15-19(16,17)13-9-4-3-7-12(13)18-11-8-5-6-10(11)14/h3-4,7,9-11,15H,2,5-6,8,14H2,1H3. The van der Waals surface area contributed by atoms with Gasteiger partial charge in [0.1, 0.15) is 16.7 Å². The summed E-state index contributed by atoms with van der Waals surface area (Å²) in [7, 11) is -3.52. The summed E-state index contributed by atoms with van der Waals surface area (Å²) in [4.78, 5) is 0.177. The SMILES string of the molecule is CCNS(=O)(=O)c1ccccc1OC1CCCC1N. The molecular formula is C13H20N2O3S. The number of hydrogen-bond donors (Lipinski definition) is 2. The van der Waals surface area contributed by atoms with Crippen molar-refractivity contribution >= 4 is 10.0 Å². The lowest BCUT2D eigenvalue weighted by Gasteiger charge is -2.20. The number of ether oxygens (including phenoxy) is 1. The van der Waals surface area contributed by atoms with Gasteiger partial charge >= 0.3 is 0 Å². The van der Waals surface area contributed by atoms with Crippen LogP contribution in [0.4, 0.5) is 0 Å². The van der Waals surface area contributed by atoms with E-state index in [9.17, 15) is 8.42 Å². The van der Waals surface area contributed by atoms with Crippen molar-refractivity contribution in [2.24, 2.45) is 5.73 Å². The molecule has 0 heterocycles. The molecule has 1 aromatic carbocycles. The van der Waals surface area contributed by atoms with Gasteiger partial charge in [-0.25, -0.2) is 13.1 Å². The normalized spacial score (nSPS) is 23.5. The van der Waals surface area contributed by atoms with Gasteiger partial charge in [0.2, 0.25) is 10.0 Å².